The Morgan fingerprint density at radius 1 is 0.951 bits per heavy atom. The maximum Gasteiger partial charge on any atom is 0.524 e. The molecule has 4 amide bonds. The molecule has 1 heterocycles. The highest BCUT2D eigenvalue weighted by Crippen LogP contribution is 2.37. The third-order valence-electron chi connectivity index (χ3n) is 6.32. The predicted molar refractivity (Wildman–Crippen MR) is 139 cm³/mol. The molecule has 1 aromatic carbocycles. The lowest BCUT2D eigenvalue weighted by atomic mass is 9.99. The van der Waals surface area contributed by atoms with Crippen LogP contribution in [0.25, 0.3) is 0 Å². The summed E-state index contributed by atoms with van der Waals surface area (Å²) in [5.41, 5.74) is 0.413. The molecule has 1 fully saturated rings. The fourth-order valence-corrected chi connectivity index (χ4v) is 4.33. The number of nitrogens with one attached hydrogen (secondary N) is 4. The Bertz CT molecular complexity index is 1200. The number of aliphatic carboxylic acids is 2. The van der Waals surface area contributed by atoms with Gasteiger partial charge in [0.05, 0.1) is 6.42 Å². The predicted octanol–water partition coefficient (Wildman–Crippen LogP) is -0.961. The summed E-state index contributed by atoms with van der Waals surface area (Å²) in [5.74, 6) is -6.63. The van der Waals surface area contributed by atoms with Crippen molar-refractivity contribution in [2.24, 2.45) is 5.92 Å². The van der Waals surface area contributed by atoms with Gasteiger partial charge in [-0.3, -0.25) is 33.8 Å². The number of carboxylic acid groups (broad SMARTS) is 2. The topological polar surface area (TPSA) is 258 Å². The van der Waals surface area contributed by atoms with Gasteiger partial charge >= 0.3 is 19.8 Å². The molecule has 1 aliphatic rings. The lowest BCUT2D eigenvalue weighted by molar-refractivity contribution is -0.143. The Hall–Kier alpha value is -4.01. The van der Waals surface area contributed by atoms with Gasteiger partial charge in [-0.15, -0.1) is 0 Å². The Balaban J connectivity index is 2.30. The Kier molecular flexibility index (Phi) is 11.8. The van der Waals surface area contributed by atoms with Crippen molar-refractivity contribution in [1.82, 2.24) is 21.3 Å². The number of rotatable bonds is 13. The monoisotopic (exact) mass is 600 g/mol. The summed E-state index contributed by atoms with van der Waals surface area (Å²) >= 11 is 0. The summed E-state index contributed by atoms with van der Waals surface area (Å²) in [5, 5.41) is 28.0. The van der Waals surface area contributed by atoms with Gasteiger partial charge in [0.1, 0.15) is 29.9 Å². The van der Waals surface area contributed by atoms with Gasteiger partial charge in [-0.05, 0) is 30.0 Å². The first-order chi connectivity index (χ1) is 19.1. The number of phosphoric acid groups is 1. The average Bonchev–Trinajstić information content (AvgIpc) is 2.90. The van der Waals surface area contributed by atoms with E-state index in [2.05, 4.69) is 25.8 Å². The number of carbonyl (C=O) groups is 6. The molecule has 1 saturated heterocycles. The van der Waals surface area contributed by atoms with Gasteiger partial charge in [-0.25, -0.2) is 9.36 Å². The first-order valence-electron chi connectivity index (χ1n) is 12.6. The van der Waals surface area contributed by atoms with Gasteiger partial charge in [0.25, 0.3) is 0 Å². The van der Waals surface area contributed by atoms with Gasteiger partial charge in [-0.2, -0.15) is 0 Å². The zero-order valence-corrected chi connectivity index (χ0v) is 23.1. The van der Waals surface area contributed by atoms with E-state index in [0.29, 0.717) is 12.0 Å². The van der Waals surface area contributed by atoms with Crippen molar-refractivity contribution in [1.29, 1.82) is 0 Å². The molecule has 1 aliphatic heterocycles. The fourth-order valence-electron chi connectivity index (χ4n) is 3.93. The maximum absolute atomic E-state index is 13.1. The summed E-state index contributed by atoms with van der Waals surface area (Å²) in [4.78, 5) is 92.4. The second-order valence-electron chi connectivity index (χ2n) is 9.52. The van der Waals surface area contributed by atoms with Gasteiger partial charge in [-0.1, -0.05) is 32.4 Å². The average molecular weight is 601 g/mol. The number of carboxylic acids is 2. The first kappa shape index (κ1) is 33.2. The van der Waals surface area contributed by atoms with Crippen LogP contribution in [-0.2, 0) is 39.8 Å². The number of hydrogen-bond acceptors (Lipinski definition) is 8. The molecule has 2 rings (SSSR count). The zero-order valence-electron chi connectivity index (χ0n) is 22.2. The second-order valence-corrected chi connectivity index (χ2v) is 10.7. The normalized spacial score (nSPS) is 21.1. The van der Waals surface area contributed by atoms with E-state index in [-0.39, 0.29) is 18.6 Å². The van der Waals surface area contributed by atoms with E-state index >= 15 is 0 Å². The van der Waals surface area contributed by atoms with Gasteiger partial charge in [0, 0.05) is 12.8 Å². The SMILES string of the molecule is CC[C@@H](C)[C@H](NC(=O)C[C@@H]1NC(=O)[C@H](CCC(=O)O)NC(=O)[C@H](Cc2ccc(OP(=O)(O)O)cc2)NC1=O)C(=O)O. The molecule has 17 heteroatoms. The molecule has 0 saturated carbocycles. The van der Waals surface area contributed by atoms with Crippen LogP contribution >= 0.6 is 7.82 Å². The molecule has 41 heavy (non-hydrogen) atoms. The minimum atomic E-state index is -4.81. The molecule has 0 bridgehead atoms. The van der Waals surface area contributed by atoms with Crippen molar-refractivity contribution in [2.75, 3.05) is 0 Å². The number of hydrogen-bond donors (Lipinski definition) is 8. The zero-order chi connectivity index (χ0) is 30.9. The maximum atomic E-state index is 13.1. The van der Waals surface area contributed by atoms with Crippen LogP contribution < -0.4 is 25.8 Å². The van der Waals surface area contributed by atoms with Crippen LogP contribution in [-0.4, -0.2) is 79.7 Å². The van der Waals surface area contributed by atoms with Gasteiger partial charge in [0.2, 0.25) is 23.6 Å². The van der Waals surface area contributed by atoms with Crippen molar-refractivity contribution in [2.45, 2.75) is 70.1 Å². The standard InChI is InChI=1S/C24H33N4O12P/c1-3-12(2)20(24(35)36)28-18(29)11-17-23(34)26-16(10-13-4-6-14(7-5-13)40-41(37,38)39)22(33)25-15(21(32)27-17)8-9-19(30)31/h4-7,12,15-17,20H,3,8-11H2,1-2H3,(H,25,33)(H,26,34)(H,27,32)(H,28,29)(H,30,31)(H,35,36)(H2,37,38,39)/t12-,15+,16+,17+,20+/m1/s1. The van der Waals surface area contributed by atoms with Crippen LogP contribution in [0.5, 0.6) is 5.75 Å². The smallest absolute Gasteiger partial charge is 0.481 e. The van der Waals surface area contributed by atoms with E-state index in [0.717, 1.165) is 0 Å². The summed E-state index contributed by atoms with van der Waals surface area (Å²) in [6.07, 6.45) is -1.21. The number of phosphoric ester groups is 1. The van der Waals surface area contributed by atoms with Gasteiger partial charge in [0.15, 0.2) is 0 Å². The quantitative estimate of drug-likeness (QED) is 0.127. The third-order valence-corrected chi connectivity index (χ3v) is 6.77. The molecule has 0 spiro atoms. The van der Waals surface area contributed by atoms with Crippen molar-refractivity contribution in [3.63, 3.8) is 0 Å². The number of benzene rings is 1. The van der Waals surface area contributed by atoms with Crippen LogP contribution in [0, 0.1) is 5.92 Å². The lowest BCUT2D eigenvalue weighted by Gasteiger charge is -2.23. The van der Waals surface area contributed by atoms with E-state index in [1.165, 1.54) is 24.3 Å². The highest BCUT2D eigenvalue weighted by atomic mass is 31.2. The summed E-state index contributed by atoms with van der Waals surface area (Å²) in [7, 11) is -4.81. The fraction of sp³-hybridized carbons (Fsp3) is 0.500. The Morgan fingerprint density at radius 3 is 2.02 bits per heavy atom. The molecule has 5 atom stereocenters. The number of carbonyl (C=O) groups excluding carboxylic acids is 4. The molecule has 16 nitrogen and oxygen atoms in total. The molecular formula is C24H33N4O12P. The van der Waals surface area contributed by atoms with Crippen LogP contribution in [0.2, 0.25) is 0 Å². The molecule has 0 radical (unpaired) electrons. The molecular weight excluding hydrogens is 567 g/mol. The minimum Gasteiger partial charge on any atom is -0.481 e. The van der Waals surface area contributed by atoms with Crippen LogP contribution in [0.1, 0.15) is 45.1 Å². The summed E-state index contributed by atoms with van der Waals surface area (Å²) in [6, 6.07) is -0.239. The largest absolute Gasteiger partial charge is 0.524 e. The van der Waals surface area contributed by atoms with E-state index in [1.54, 1.807) is 13.8 Å². The molecule has 8 N–H and O–H groups in total. The second kappa shape index (κ2) is 14.6. The summed E-state index contributed by atoms with van der Waals surface area (Å²) < 4.78 is 15.5. The van der Waals surface area contributed by atoms with Crippen molar-refractivity contribution >= 4 is 43.4 Å². The molecule has 1 aromatic rings. The molecule has 0 unspecified atom stereocenters. The highest BCUT2D eigenvalue weighted by molar-refractivity contribution is 7.46. The molecule has 0 aromatic heterocycles. The Labute approximate surface area is 234 Å². The third kappa shape index (κ3) is 10.8. The molecule has 226 valence electrons. The van der Waals surface area contributed by atoms with Gasteiger partial charge < -0.3 is 36.0 Å². The summed E-state index contributed by atoms with van der Waals surface area (Å²) in [6.45, 7) is 3.35. The first-order valence-corrected chi connectivity index (χ1v) is 14.1. The molecule has 0 aliphatic carbocycles. The van der Waals surface area contributed by atoms with Crippen LogP contribution in [0.3, 0.4) is 0 Å². The highest BCUT2D eigenvalue weighted by Gasteiger charge is 2.36. The van der Waals surface area contributed by atoms with E-state index < -0.39 is 86.3 Å². The van der Waals surface area contributed by atoms with Crippen molar-refractivity contribution in [3.8, 4) is 5.75 Å². The van der Waals surface area contributed by atoms with E-state index in [4.69, 9.17) is 14.9 Å². The van der Waals surface area contributed by atoms with E-state index in [1.807, 2.05) is 0 Å². The van der Waals surface area contributed by atoms with Crippen molar-refractivity contribution in [3.05, 3.63) is 29.8 Å². The minimum absolute atomic E-state index is 0.156. The lowest BCUT2D eigenvalue weighted by Crippen LogP contribution is -2.54. The van der Waals surface area contributed by atoms with Crippen molar-refractivity contribution < 1.29 is 57.9 Å². The number of amides is 4. The Morgan fingerprint density at radius 2 is 1.49 bits per heavy atom. The van der Waals surface area contributed by atoms with Crippen LogP contribution in [0.15, 0.2) is 24.3 Å². The van der Waals surface area contributed by atoms with Crippen LogP contribution in [0.4, 0.5) is 0 Å². The van der Waals surface area contributed by atoms with E-state index in [9.17, 15) is 38.4 Å².